The van der Waals surface area contributed by atoms with E-state index in [2.05, 4.69) is 38.1 Å². The highest BCUT2D eigenvalue weighted by atomic mass is 16.1. The summed E-state index contributed by atoms with van der Waals surface area (Å²) < 4.78 is 0. The van der Waals surface area contributed by atoms with E-state index in [1.807, 2.05) is 6.07 Å². The molecule has 0 spiro atoms. The Morgan fingerprint density at radius 3 is 2.38 bits per heavy atom. The van der Waals surface area contributed by atoms with E-state index in [4.69, 9.17) is 0 Å². The molecular weight excluding hydrogens is 196 g/mol. The first kappa shape index (κ1) is 13.0. The van der Waals surface area contributed by atoms with Crippen LogP contribution in [0, 0.1) is 5.41 Å². The molecule has 1 nitrogen and oxygen atoms in total. The summed E-state index contributed by atoms with van der Waals surface area (Å²) in [6.45, 7) is 6.04. The van der Waals surface area contributed by atoms with Crippen LogP contribution in [-0.4, -0.2) is 5.78 Å². The Hall–Kier alpha value is -1.11. The van der Waals surface area contributed by atoms with Crippen molar-refractivity contribution in [3.63, 3.8) is 0 Å². The molecule has 0 heterocycles. The highest BCUT2D eigenvalue weighted by Crippen LogP contribution is 2.27. The molecule has 0 aromatic heterocycles. The first-order valence-electron chi connectivity index (χ1n) is 6.03. The number of hydrogen-bond donors (Lipinski definition) is 0. The Bertz CT molecular complexity index is 325. The molecule has 0 amide bonds. The fraction of sp³-hybridized carbons (Fsp3) is 0.533. The minimum Gasteiger partial charge on any atom is -0.300 e. The quantitative estimate of drug-likeness (QED) is 0.705. The average molecular weight is 218 g/mol. The van der Waals surface area contributed by atoms with Crippen LogP contribution in [-0.2, 0) is 11.2 Å². The van der Waals surface area contributed by atoms with Gasteiger partial charge in [-0.1, -0.05) is 44.2 Å². The molecule has 0 N–H and O–H groups in total. The minimum atomic E-state index is 0.153. The molecule has 0 saturated heterocycles. The minimum absolute atomic E-state index is 0.153. The van der Waals surface area contributed by atoms with Gasteiger partial charge in [0, 0.05) is 6.42 Å². The zero-order chi connectivity index (χ0) is 12.0. The van der Waals surface area contributed by atoms with Crippen LogP contribution in [0.15, 0.2) is 30.3 Å². The molecule has 0 aliphatic carbocycles. The highest BCUT2D eigenvalue weighted by molar-refractivity contribution is 5.76. The molecule has 0 unspecified atom stereocenters. The Morgan fingerprint density at radius 2 is 1.81 bits per heavy atom. The van der Waals surface area contributed by atoms with Gasteiger partial charge in [-0.2, -0.15) is 0 Å². The Labute approximate surface area is 98.9 Å². The lowest BCUT2D eigenvalue weighted by Crippen LogP contribution is -2.15. The predicted molar refractivity (Wildman–Crippen MR) is 68.5 cm³/mol. The number of benzene rings is 1. The normalized spacial score (nSPS) is 11.4. The van der Waals surface area contributed by atoms with Crippen LogP contribution in [0.4, 0.5) is 0 Å². The Balaban J connectivity index is 2.32. The van der Waals surface area contributed by atoms with E-state index >= 15 is 0 Å². The van der Waals surface area contributed by atoms with Crippen molar-refractivity contribution < 1.29 is 4.79 Å². The van der Waals surface area contributed by atoms with E-state index in [0.29, 0.717) is 12.2 Å². The van der Waals surface area contributed by atoms with Crippen molar-refractivity contribution in [2.75, 3.05) is 0 Å². The maximum Gasteiger partial charge on any atom is 0.130 e. The van der Waals surface area contributed by atoms with Crippen molar-refractivity contribution in [3.8, 4) is 0 Å². The van der Waals surface area contributed by atoms with Gasteiger partial charge < -0.3 is 4.79 Å². The summed E-state index contributed by atoms with van der Waals surface area (Å²) in [6.07, 6.45) is 4.08. The SMILES string of the molecule is CC(=O)CC(C)(C)CCCc1ccccc1. The van der Waals surface area contributed by atoms with Crippen LogP contribution in [0.2, 0.25) is 0 Å². The fourth-order valence-electron chi connectivity index (χ4n) is 2.18. The topological polar surface area (TPSA) is 17.1 Å². The van der Waals surface area contributed by atoms with Gasteiger partial charge in [0.05, 0.1) is 0 Å². The number of aryl methyl sites for hydroxylation is 1. The van der Waals surface area contributed by atoms with E-state index in [-0.39, 0.29) is 5.41 Å². The van der Waals surface area contributed by atoms with Crippen LogP contribution < -0.4 is 0 Å². The number of hydrogen-bond acceptors (Lipinski definition) is 1. The number of carbonyl (C=O) groups excluding carboxylic acids is 1. The van der Waals surface area contributed by atoms with Gasteiger partial charge in [0.25, 0.3) is 0 Å². The number of rotatable bonds is 6. The fourth-order valence-corrected chi connectivity index (χ4v) is 2.18. The summed E-state index contributed by atoms with van der Waals surface area (Å²) in [5.41, 5.74) is 1.54. The molecule has 16 heavy (non-hydrogen) atoms. The third kappa shape index (κ3) is 5.11. The maximum absolute atomic E-state index is 11.1. The van der Waals surface area contributed by atoms with Gasteiger partial charge in [-0.3, -0.25) is 0 Å². The molecule has 88 valence electrons. The Kier molecular flexibility index (Phi) is 4.72. The first-order chi connectivity index (χ1) is 7.49. The average Bonchev–Trinajstić information content (AvgIpc) is 2.16. The number of Topliss-reactive ketones (excluding diaryl/α,β-unsaturated/α-hetero) is 1. The van der Waals surface area contributed by atoms with Crippen LogP contribution >= 0.6 is 0 Å². The second kappa shape index (κ2) is 5.83. The van der Waals surface area contributed by atoms with Crippen molar-refractivity contribution in [2.45, 2.75) is 46.5 Å². The van der Waals surface area contributed by atoms with Crippen molar-refractivity contribution in [1.29, 1.82) is 0 Å². The summed E-state index contributed by atoms with van der Waals surface area (Å²) >= 11 is 0. The van der Waals surface area contributed by atoms with Gasteiger partial charge in [-0.15, -0.1) is 0 Å². The third-order valence-corrected chi connectivity index (χ3v) is 2.89. The van der Waals surface area contributed by atoms with Gasteiger partial charge >= 0.3 is 0 Å². The van der Waals surface area contributed by atoms with Crippen LogP contribution in [0.5, 0.6) is 0 Å². The predicted octanol–water partition coefficient (Wildman–Crippen LogP) is 4.01. The van der Waals surface area contributed by atoms with Gasteiger partial charge in [-0.05, 0) is 37.2 Å². The molecule has 0 atom stereocenters. The van der Waals surface area contributed by atoms with Crippen molar-refractivity contribution in [2.24, 2.45) is 5.41 Å². The summed E-state index contributed by atoms with van der Waals surface area (Å²) in [5.74, 6) is 0.296. The van der Waals surface area contributed by atoms with Crippen molar-refractivity contribution in [1.82, 2.24) is 0 Å². The molecule has 0 fully saturated rings. The summed E-state index contributed by atoms with van der Waals surface area (Å²) in [4.78, 5) is 11.1. The monoisotopic (exact) mass is 218 g/mol. The molecule has 0 aliphatic heterocycles. The highest BCUT2D eigenvalue weighted by Gasteiger charge is 2.19. The van der Waals surface area contributed by atoms with E-state index in [1.54, 1.807) is 6.92 Å². The molecule has 0 radical (unpaired) electrons. The largest absolute Gasteiger partial charge is 0.300 e. The summed E-state index contributed by atoms with van der Waals surface area (Å²) in [6, 6.07) is 10.5. The van der Waals surface area contributed by atoms with E-state index < -0.39 is 0 Å². The molecule has 0 bridgehead atoms. The van der Waals surface area contributed by atoms with Crippen molar-refractivity contribution >= 4 is 5.78 Å². The van der Waals surface area contributed by atoms with Crippen LogP contribution in [0.25, 0.3) is 0 Å². The summed E-state index contributed by atoms with van der Waals surface area (Å²) in [7, 11) is 0. The van der Waals surface area contributed by atoms with E-state index in [9.17, 15) is 4.79 Å². The number of carbonyl (C=O) groups is 1. The third-order valence-electron chi connectivity index (χ3n) is 2.89. The zero-order valence-electron chi connectivity index (χ0n) is 10.6. The molecule has 0 saturated carbocycles. The second-order valence-corrected chi connectivity index (χ2v) is 5.38. The molecule has 0 aliphatic rings. The molecule has 1 aromatic carbocycles. The standard InChI is InChI=1S/C15H22O/c1-13(16)12-15(2,3)11-7-10-14-8-5-4-6-9-14/h4-6,8-9H,7,10-12H2,1-3H3. The van der Waals surface area contributed by atoms with Gasteiger partial charge in [0.1, 0.15) is 5.78 Å². The number of ketones is 1. The first-order valence-corrected chi connectivity index (χ1v) is 6.03. The lowest BCUT2D eigenvalue weighted by molar-refractivity contribution is -0.118. The molecule has 1 heteroatoms. The van der Waals surface area contributed by atoms with Gasteiger partial charge in [0.2, 0.25) is 0 Å². The lowest BCUT2D eigenvalue weighted by Gasteiger charge is -2.22. The van der Waals surface area contributed by atoms with Crippen LogP contribution in [0.3, 0.4) is 0 Å². The van der Waals surface area contributed by atoms with Gasteiger partial charge in [-0.25, -0.2) is 0 Å². The van der Waals surface area contributed by atoms with Crippen LogP contribution in [0.1, 0.15) is 45.6 Å². The van der Waals surface area contributed by atoms with E-state index in [1.165, 1.54) is 5.56 Å². The molecule has 1 rings (SSSR count). The van der Waals surface area contributed by atoms with Crippen molar-refractivity contribution in [3.05, 3.63) is 35.9 Å². The van der Waals surface area contributed by atoms with Gasteiger partial charge in [0.15, 0.2) is 0 Å². The smallest absolute Gasteiger partial charge is 0.130 e. The molecule has 1 aromatic rings. The van der Waals surface area contributed by atoms with E-state index in [0.717, 1.165) is 19.3 Å². The Morgan fingerprint density at radius 1 is 1.19 bits per heavy atom. The summed E-state index contributed by atoms with van der Waals surface area (Å²) in [5, 5.41) is 0. The second-order valence-electron chi connectivity index (χ2n) is 5.38. The lowest BCUT2D eigenvalue weighted by atomic mass is 9.82. The maximum atomic E-state index is 11.1. The molecular formula is C15H22O. The zero-order valence-corrected chi connectivity index (χ0v) is 10.6.